The lowest BCUT2D eigenvalue weighted by molar-refractivity contribution is 0.276. The maximum absolute atomic E-state index is 12.3. The highest BCUT2D eigenvalue weighted by Crippen LogP contribution is 2.34. The van der Waals surface area contributed by atoms with E-state index in [1.165, 1.54) is 20.6 Å². The van der Waals surface area contributed by atoms with E-state index in [-0.39, 0.29) is 0 Å². The van der Waals surface area contributed by atoms with Crippen molar-refractivity contribution in [1.82, 2.24) is 0 Å². The SMILES string of the molecule is O=C([SH]1(Cl)=[SH]CCC1)[SH]1(Cl)=[SH]CCC1. The molecule has 0 saturated carbocycles. The highest BCUT2D eigenvalue weighted by Gasteiger charge is 2.31. The molecule has 0 unspecified atom stereocenters. The number of carbonyl (C=O) groups excluding carboxylic acids is 1. The van der Waals surface area contributed by atoms with E-state index in [0.717, 1.165) is 35.9 Å². The third kappa shape index (κ3) is 2.18. The molecule has 2 heterocycles. The van der Waals surface area contributed by atoms with Crippen molar-refractivity contribution in [1.29, 1.82) is 0 Å². The summed E-state index contributed by atoms with van der Waals surface area (Å²) in [6.07, 6.45) is 2.25. The Kier molecular flexibility index (Phi) is 3.89. The monoisotopic (exact) mass is 314 g/mol. The van der Waals surface area contributed by atoms with Crippen molar-refractivity contribution < 1.29 is 4.79 Å². The van der Waals surface area contributed by atoms with Gasteiger partial charge in [-0.2, -0.15) is 20.6 Å². The summed E-state index contributed by atoms with van der Waals surface area (Å²) in [5.74, 6) is 4.10. The fourth-order valence-corrected chi connectivity index (χ4v) is 23.4. The quantitative estimate of drug-likeness (QED) is 0.393. The van der Waals surface area contributed by atoms with Gasteiger partial charge in [0.25, 0.3) is 0 Å². The molecule has 0 atom stereocenters. The minimum absolute atomic E-state index is 0.312. The molecule has 2 aliphatic rings. The highest BCUT2D eigenvalue weighted by atomic mass is 35.7. The largest absolute Gasteiger partial charge is 0.276 e. The Hall–Kier alpha value is 1.65. The summed E-state index contributed by atoms with van der Waals surface area (Å²) in [4.78, 5) is 12.3. The number of thiol groups is 4. The zero-order chi connectivity index (χ0) is 10.2. The Morgan fingerprint density at radius 1 is 1.00 bits per heavy atom. The molecular formula is C7H16Cl2OS4. The molecule has 0 spiro atoms. The van der Waals surface area contributed by atoms with Gasteiger partial charge in [0.2, 0.25) is 4.45 Å². The summed E-state index contributed by atoms with van der Waals surface area (Å²) in [6.45, 7) is 0. The van der Waals surface area contributed by atoms with Gasteiger partial charge in [-0.1, -0.05) is 21.4 Å². The molecule has 0 N–H and O–H groups in total. The van der Waals surface area contributed by atoms with Crippen LogP contribution in [-0.4, -0.2) is 27.5 Å². The Bertz CT molecular complexity index is 342. The van der Waals surface area contributed by atoms with E-state index in [1.54, 1.807) is 0 Å². The molecule has 88 valence electrons. The summed E-state index contributed by atoms with van der Waals surface area (Å²) in [6, 6.07) is 0. The zero-order valence-electron chi connectivity index (χ0n) is 7.70. The molecule has 0 fully saturated rings. The van der Waals surface area contributed by atoms with Gasteiger partial charge < -0.3 is 0 Å². The van der Waals surface area contributed by atoms with Gasteiger partial charge in [0, 0.05) is 0 Å². The molecule has 0 bridgehead atoms. The van der Waals surface area contributed by atoms with Crippen LogP contribution in [0.15, 0.2) is 0 Å². The molecule has 0 amide bonds. The molecule has 14 heavy (non-hydrogen) atoms. The van der Waals surface area contributed by atoms with Crippen molar-refractivity contribution in [3.05, 3.63) is 0 Å². The first-order valence-corrected chi connectivity index (χ1v) is 14.0. The fraction of sp³-hybridized carbons (Fsp3) is 0.857. The van der Waals surface area contributed by atoms with E-state index >= 15 is 0 Å². The fourth-order valence-electron chi connectivity index (χ4n) is 1.71. The van der Waals surface area contributed by atoms with Gasteiger partial charge in [-0.25, -0.2) is 0 Å². The molecule has 7 heteroatoms. The van der Waals surface area contributed by atoms with Crippen LogP contribution in [0, 0.1) is 0 Å². The lowest BCUT2D eigenvalue weighted by atomic mass is 10.6. The molecule has 0 radical (unpaired) electrons. The van der Waals surface area contributed by atoms with Crippen molar-refractivity contribution in [3.63, 3.8) is 0 Å². The van der Waals surface area contributed by atoms with Gasteiger partial charge in [-0.3, -0.25) is 4.79 Å². The van der Waals surface area contributed by atoms with Crippen LogP contribution in [0.2, 0.25) is 0 Å². The molecule has 0 aromatic carbocycles. The highest BCUT2D eigenvalue weighted by molar-refractivity contribution is 8.81. The van der Waals surface area contributed by atoms with Crippen molar-refractivity contribution >= 4 is 62.1 Å². The number of hydrogen-bond donors (Lipinski definition) is 4. The smallest absolute Gasteiger partial charge is 0.232 e. The second-order valence-electron chi connectivity index (χ2n) is 3.53. The van der Waals surface area contributed by atoms with Gasteiger partial charge in [-0.05, 0) is 35.9 Å². The van der Waals surface area contributed by atoms with Gasteiger partial charge in [0.15, 0.2) is 0 Å². The maximum atomic E-state index is 12.3. The van der Waals surface area contributed by atoms with Crippen LogP contribution in [0.5, 0.6) is 0 Å². The minimum atomic E-state index is -1.81. The number of carbonyl (C=O) groups is 1. The first-order valence-electron chi connectivity index (χ1n) is 4.65. The van der Waals surface area contributed by atoms with Gasteiger partial charge >= 0.3 is 0 Å². The average molecular weight is 315 g/mol. The van der Waals surface area contributed by atoms with Crippen LogP contribution in [0.1, 0.15) is 12.8 Å². The van der Waals surface area contributed by atoms with Gasteiger partial charge in [0.05, 0.1) is 0 Å². The lowest BCUT2D eigenvalue weighted by Gasteiger charge is -2.26. The van der Waals surface area contributed by atoms with E-state index in [1.807, 2.05) is 0 Å². The van der Waals surface area contributed by atoms with Crippen LogP contribution in [0.25, 0.3) is 0 Å². The summed E-state index contributed by atoms with van der Waals surface area (Å²) in [5.41, 5.74) is 0. The predicted octanol–water partition coefficient (Wildman–Crippen LogP) is 1.45. The van der Waals surface area contributed by atoms with E-state index in [4.69, 9.17) is 21.4 Å². The van der Waals surface area contributed by atoms with Crippen LogP contribution in [-0.2, 0) is 36.2 Å². The predicted molar refractivity (Wildman–Crippen MR) is 80.8 cm³/mol. The lowest BCUT2D eigenvalue weighted by Crippen LogP contribution is -2.27. The summed E-state index contributed by atoms with van der Waals surface area (Å²) in [5, 5.41) is 0. The Labute approximate surface area is 102 Å². The molecular weight excluding hydrogens is 299 g/mol. The van der Waals surface area contributed by atoms with Crippen LogP contribution in [0.3, 0.4) is 0 Å². The summed E-state index contributed by atoms with van der Waals surface area (Å²) >= 11 is 0. The number of hydrogen-bond acceptors (Lipinski definition) is 1. The normalized spacial score (nSPS) is 33.9. The van der Waals surface area contributed by atoms with E-state index in [0.29, 0.717) is 4.45 Å². The molecule has 0 saturated heterocycles. The topological polar surface area (TPSA) is 17.1 Å². The molecule has 0 aliphatic carbocycles. The molecule has 1 nitrogen and oxygen atoms in total. The van der Waals surface area contributed by atoms with Crippen molar-refractivity contribution in [2.24, 2.45) is 0 Å². The van der Waals surface area contributed by atoms with Gasteiger partial charge in [0.1, 0.15) is 0 Å². The molecule has 2 aliphatic heterocycles. The first kappa shape index (κ1) is 12.1. The number of rotatable bonds is 0. The molecule has 0 aromatic heterocycles. The van der Waals surface area contributed by atoms with Crippen LogP contribution < -0.4 is 0 Å². The minimum Gasteiger partial charge on any atom is -0.276 e. The second kappa shape index (κ2) is 4.49. The summed E-state index contributed by atoms with van der Waals surface area (Å²) in [7, 11) is 11.7. The number of halogens is 2. The zero-order valence-corrected chi connectivity index (χ0v) is 12.8. The van der Waals surface area contributed by atoms with E-state index in [2.05, 4.69) is 0 Å². The van der Waals surface area contributed by atoms with E-state index in [9.17, 15) is 4.79 Å². The Balaban J connectivity index is 2.32. The summed E-state index contributed by atoms with van der Waals surface area (Å²) < 4.78 is 0.312. The third-order valence-corrected chi connectivity index (χ3v) is 21.1. The first-order chi connectivity index (χ1) is 6.57. The van der Waals surface area contributed by atoms with Crippen LogP contribution >= 0.6 is 21.4 Å². The third-order valence-electron chi connectivity index (χ3n) is 2.46. The average Bonchev–Trinajstić information content (AvgIpc) is 2.75. The second-order valence-corrected chi connectivity index (χ2v) is 20.4. The van der Waals surface area contributed by atoms with E-state index < -0.39 is 15.6 Å². The van der Waals surface area contributed by atoms with Crippen molar-refractivity contribution in [2.45, 2.75) is 12.8 Å². The van der Waals surface area contributed by atoms with Crippen molar-refractivity contribution in [2.75, 3.05) is 23.0 Å². The Morgan fingerprint density at radius 3 is 1.71 bits per heavy atom. The molecule has 0 aromatic rings. The standard InChI is InChI=1S/C7H16Cl2OS4/c8-13(5-1-3-11-13)7(10)14(9)6-2-4-12-14/h11-14H,1-6H2. The molecule has 2 rings (SSSR count). The maximum Gasteiger partial charge on any atom is 0.232 e. The van der Waals surface area contributed by atoms with Crippen molar-refractivity contribution in [3.8, 4) is 0 Å². The Morgan fingerprint density at radius 2 is 1.43 bits per heavy atom. The van der Waals surface area contributed by atoms with Gasteiger partial charge in [-0.15, -0.1) is 15.6 Å². The van der Waals surface area contributed by atoms with Crippen LogP contribution in [0.4, 0.5) is 4.79 Å².